The predicted molar refractivity (Wildman–Crippen MR) is 66.4 cm³/mol. The van der Waals surface area contributed by atoms with Crippen molar-refractivity contribution in [3.63, 3.8) is 0 Å². The quantitative estimate of drug-likeness (QED) is 0.626. The van der Waals surface area contributed by atoms with Crippen molar-refractivity contribution < 1.29 is 4.79 Å². The van der Waals surface area contributed by atoms with Gasteiger partial charge in [-0.05, 0) is 59.3 Å². The molecule has 0 aromatic heterocycles. The maximum atomic E-state index is 11.4. The van der Waals surface area contributed by atoms with Gasteiger partial charge in [-0.25, -0.2) is 0 Å². The highest BCUT2D eigenvalue weighted by atomic mass is 16.2. The third kappa shape index (κ3) is 4.94. The highest BCUT2D eigenvalue weighted by Crippen LogP contribution is 2.06. The molecule has 1 unspecified atom stereocenters. The van der Waals surface area contributed by atoms with Crippen LogP contribution in [0.25, 0.3) is 0 Å². The summed E-state index contributed by atoms with van der Waals surface area (Å²) in [6, 6.07) is -0.0708. The Balaban J connectivity index is 1.99. The first kappa shape index (κ1) is 13.5. The Hall–Kier alpha value is -0.610. The van der Waals surface area contributed by atoms with Gasteiger partial charge in [0, 0.05) is 6.54 Å². The van der Waals surface area contributed by atoms with Gasteiger partial charge in [-0.1, -0.05) is 0 Å². The van der Waals surface area contributed by atoms with Gasteiger partial charge in [0.2, 0.25) is 5.91 Å². The topological polar surface area (TPSA) is 44.4 Å². The number of amides is 1. The van der Waals surface area contributed by atoms with Crippen LogP contribution in [0.15, 0.2) is 0 Å². The summed E-state index contributed by atoms with van der Waals surface area (Å²) in [5.41, 5.74) is 0. The average molecular weight is 227 g/mol. The SMILES string of the molecule is CCNC(=O)C(C)NCCCN1CCCC1. The molecule has 1 heterocycles. The standard InChI is InChI=1S/C12H25N3O/c1-3-13-12(16)11(2)14-7-6-10-15-8-4-5-9-15/h11,14H,3-10H2,1-2H3,(H,13,16). The van der Waals surface area contributed by atoms with Gasteiger partial charge >= 0.3 is 0 Å². The molecule has 0 spiro atoms. The third-order valence-corrected chi connectivity index (χ3v) is 3.04. The second-order valence-corrected chi connectivity index (χ2v) is 4.47. The molecule has 16 heavy (non-hydrogen) atoms. The number of rotatable bonds is 7. The van der Waals surface area contributed by atoms with Gasteiger partial charge in [0.05, 0.1) is 6.04 Å². The zero-order chi connectivity index (χ0) is 11.8. The molecular formula is C12H25N3O. The number of nitrogens with zero attached hydrogens (tertiary/aromatic N) is 1. The van der Waals surface area contributed by atoms with E-state index in [1.165, 1.54) is 25.9 Å². The molecule has 0 radical (unpaired) electrons. The lowest BCUT2D eigenvalue weighted by molar-refractivity contribution is -0.122. The van der Waals surface area contributed by atoms with Gasteiger partial charge < -0.3 is 15.5 Å². The largest absolute Gasteiger partial charge is 0.355 e. The number of hydrogen-bond donors (Lipinski definition) is 2. The summed E-state index contributed by atoms with van der Waals surface area (Å²) in [6.07, 6.45) is 3.83. The molecule has 1 atom stereocenters. The van der Waals surface area contributed by atoms with E-state index in [2.05, 4.69) is 15.5 Å². The fourth-order valence-electron chi connectivity index (χ4n) is 2.05. The van der Waals surface area contributed by atoms with E-state index in [0.29, 0.717) is 6.54 Å². The highest BCUT2D eigenvalue weighted by molar-refractivity contribution is 5.81. The van der Waals surface area contributed by atoms with Gasteiger partial charge in [0.25, 0.3) is 0 Å². The van der Waals surface area contributed by atoms with Crippen LogP contribution in [-0.2, 0) is 4.79 Å². The van der Waals surface area contributed by atoms with Gasteiger partial charge in [-0.15, -0.1) is 0 Å². The Morgan fingerprint density at radius 2 is 2.06 bits per heavy atom. The molecule has 0 bridgehead atoms. The predicted octanol–water partition coefficient (Wildman–Crippen LogP) is 0.587. The summed E-state index contributed by atoms with van der Waals surface area (Å²) < 4.78 is 0. The van der Waals surface area contributed by atoms with Crippen LogP contribution in [0.2, 0.25) is 0 Å². The normalized spacial score (nSPS) is 18.6. The first-order chi connectivity index (χ1) is 7.74. The van der Waals surface area contributed by atoms with E-state index in [1.807, 2.05) is 13.8 Å². The Morgan fingerprint density at radius 3 is 2.69 bits per heavy atom. The number of nitrogens with one attached hydrogen (secondary N) is 2. The highest BCUT2D eigenvalue weighted by Gasteiger charge is 2.12. The molecule has 94 valence electrons. The van der Waals surface area contributed by atoms with Crippen molar-refractivity contribution in [3.05, 3.63) is 0 Å². The molecule has 0 saturated carbocycles. The molecule has 1 aliphatic rings. The lowest BCUT2D eigenvalue weighted by Gasteiger charge is -2.16. The van der Waals surface area contributed by atoms with Crippen molar-refractivity contribution in [1.82, 2.24) is 15.5 Å². The summed E-state index contributed by atoms with van der Waals surface area (Å²) in [7, 11) is 0. The molecule has 1 amide bonds. The number of likely N-dealkylation sites (N-methyl/N-ethyl adjacent to an activating group) is 1. The summed E-state index contributed by atoms with van der Waals surface area (Å²) in [5.74, 6) is 0.101. The monoisotopic (exact) mass is 227 g/mol. The third-order valence-electron chi connectivity index (χ3n) is 3.04. The molecular weight excluding hydrogens is 202 g/mol. The fourth-order valence-corrected chi connectivity index (χ4v) is 2.05. The molecule has 0 aromatic rings. The maximum absolute atomic E-state index is 11.4. The van der Waals surface area contributed by atoms with Crippen LogP contribution in [-0.4, -0.2) is 49.6 Å². The van der Waals surface area contributed by atoms with E-state index in [9.17, 15) is 4.79 Å². The van der Waals surface area contributed by atoms with E-state index >= 15 is 0 Å². The molecule has 1 aliphatic heterocycles. The molecule has 0 aromatic carbocycles. The first-order valence-electron chi connectivity index (χ1n) is 6.47. The number of likely N-dealkylation sites (tertiary alicyclic amines) is 1. The first-order valence-corrected chi connectivity index (χ1v) is 6.47. The average Bonchev–Trinajstić information content (AvgIpc) is 2.77. The Bertz CT molecular complexity index is 202. The molecule has 1 saturated heterocycles. The van der Waals surface area contributed by atoms with Crippen LogP contribution in [0.5, 0.6) is 0 Å². The summed E-state index contributed by atoms with van der Waals surface area (Å²) in [6.45, 7) is 9.17. The van der Waals surface area contributed by atoms with Crippen molar-refractivity contribution in [1.29, 1.82) is 0 Å². The van der Waals surface area contributed by atoms with E-state index in [-0.39, 0.29) is 11.9 Å². The molecule has 4 heteroatoms. The van der Waals surface area contributed by atoms with Crippen molar-refractivity contribution in [2.45, 2.75) is 39.2 Å². The number of carbonyl (C=O) groups excluding carboxylic acids is 1. The minimum atomic E-state index is -0.0708. The molecule has 1 rings (SSSR count). The van der Waals surface area contributed by atoms with Gasteiger partial charge in [-0.3, -0.25) is 4.79 Å². The van der Waals surface area contributed by atoms with E-state index in [0.717, 1.165) is 19.5 Å². The van der Waals surface area contributed by atoms with Crippen LogP contribution >= 0.6 is 0 Å². The summed E-state index contributed by atoms with van der Waals surface area (Å²) >= 11 is 0. The zero-order valence-corrected chi connectivity index (χ0v) is 10.6. The lowest BCUT2D eigenvalue weighted by atomic mass is 10.3. The smallest absolute Gasteiger partial charge is 0.236 e. The Labute approximate surface area is 98.8 Å². The minimum absolute atomic E-state index is 0.0708. The van der Waals surface area contributed by atoms with E-state index < -0.39 is 0 Å². The van der Waals surface area contributed by atoms with Crippen molar-refractivity contribution in [2.24, 2.45) is 0 Å². The maximum Gasteiger partial charge on any atom is 0.236 e. The molecule has 0 aliphatic carbocycles. The lowest BCUT2D eigenvalue weighted by Crippen LogP contribution is -2.42. The van der Waals surface area contributed by atoms with E-state index in [1.54, 1.807) is 0 Å². The van der Waals surface area contributed by atoms with Gasteiger partial charge in [0.1, 0.15) is 0 Å². The van der Waals surface area contributed by atoms with Crippen LogP contribution < -0.4 is 10.6 Å². The van der Waals surface area contributed by atoms with Crippen LogP contribution in [0.4, 0.5) is 0 Å². The van der Waals surface area contributed by atoms with Crippen LogP contribution in [0.3, 0.4) is 0 Å². The second-order valence-electron chi connectivity index (χ2n) is 4.47. The van der Waals surface area contributed by atoms with Gasteiger partial charge in [-0.2, -0.15) is 0 Å². The summed E-state index contributed by atoms with van der Waals surface area (Å²) in [4.78, 5) is 13.9. The minimum Gasteiger partial charge on any atom is -0.355 e. The van der Waals surface area contributed by atoms with Crippen LogP contribution in [0, 0.1) is 0 Å². The number of carbonyl (C=O) groups is 1. The second kappa shape index (κ2) is 7.63. The fraction of sp³-hybridized carbons (Fsp3) is 0.917. The molecule has 4 nitrogen and oxygen atoms in total. The van der Waals surface area contributed by atoms with Crippen molar-refractivity contribution in [3.8, 4) is 0 Å². The number of hydrogen-bond acceptors (Lipinski definition) is 3. The van der Waals surface area contributed by atoms with E-state index in [4.69, 9.17) is 0 Å². The Morgan fingerprint density at radius 1 is 1.38 bits per heavy atom. The molecule has 2 N–H and O–H groups in total. The van der Waals surface area contributed by atoms with Crippen molar-refractivity contribution in [2.75, 3.05) is 32.7 Å². The zero-order valence-electron chi connectivity index (χ0n) is 10.6. The van der Waals surface area contributed by atoms with Crippen LogP contribution in [0.1, 0.15) is 33.1 Å². The summed E-state index contributed by atoms with van der Waals surface area (Å²) in [5, 5.41) is 6.07. The Kier molecular flexibility index (Phi) is 6.42. The van der Waals surface area contributed by atoms with Gasteiger partial charge in [0.15, 0.2) is 0 Å². The molecule has 1 fully saturated rings. The van der Waals surface area contributed by atoms with Crippen molar-refractivity contribution >= 4 is 5.91 Å².